The second-order valence-electron chi connectivity index (χ2n) is 6.17. The summed E-state index contributed by atoms with van der Waals surface area (Å²) in [5.41, 5.74) is 4.37. The van der Waals surface area contributed by atoms with E-state index < -0.39 is 0 Å². The summed E-state index contributed by atoms with van der Waals surface area (Å²) in [5, 5.41) is 6.96. The molecule has 0 bridgehead atoms. The van der Waals surface area contributed by atoms with Gasteiger partial charge in [0.1, 0.15) is 18.4 Å². The van der Waals surface area contributed by atoms with Crippen molar-refractivity contribution in [1.82, 2.24) is 20.1 Å². The molecule has 0 aliphatic heterocycles. The van der Waals surface area contributed by atoms with Crippen molar-refractivity contribution < 1.29 is 9.53 Å². The van der Waals surface area contributed by atoms with E-state index in [1.165, 1.54) is 6.33 Å². The lowest BCUT2D eigenvalue weighted by atomic mass is 10.1. The Balaban J connectivity index is 1.46. The molecular formula is C20H22N4O2. The number of carbonyl (C=O) groups excluding carboxylic acids is 1. The predicted octanol–water partition coefficient (Wildman–Crippen LogP) is 2.64. The zero-order valence-corrected chi connectivity index (χ0v) is 15.0. The van der Waals surface area contributed by atoms with Crippen LogP contribution >= 0.6 is 0 Å². The van der Waals surface area contributed by atoms with E-state index in [4.69, 9.17) is 4.74 Å². The van der Waals surface area contributed by atoms with Crippen molar-refractivity contribution in [2.45, 2.75) is 26.9 Å². The van der Waals surface area contributed by atoms with Crippen LogP contribution in [-0.2, 0) is 17.9 Å². The maximum absolute atomic E-state index is 12.0. The fourth-order valence-corrected chi connectivity index (χ4v) is 2.54. The highest BCUT2D eigenvalue weighted by Crippen LogP contribution is 2.20. The van der Waals surface area contributed by atoms with E-state index in [1.807, 2.05) is 56.3 Å². The fourth-order valence-electron chi connectivity index (χ4n) is 2.54. The molecule has 0 atom stereocenters. The number of hydrogen-bond acceptors (Lipinski definition) is 4. The molecule has 2 aromatic carbocycles. The smallest absolute Gasteiger partial charge is 0.258 e. The minimum Gasteiger partial charge on any atom is -0.483 e. The zero-order chi connectivity index (χ0) is 18.4. The molecule has 1 N–H and O–H groups in total. The molecule has 1 heterocycles. The van der Waals surface area contributed by atoms with Gasteiger partial charge < -0.3 is 10.1 Å². The van der Waals surface area contributed by atoms with Crippen LogP contribution in [0.15, 0.2) is 55.1 Å². The van der Waals surface area contributed by atoms with E-state index in [9.17, 15) is 4.79 Å². The van der Waals surface area contributed by atoms with Gasteiger partial charge in [-0.25, -0.2) is 9.67 Å². The van der Waals surface area contributed by atoms with E-state index in [0.717, 1.165) is 28.0 Å². The molecule has 6 heteroatoms. The number of aromatic nitrogens is 3. The Morgan fingerprint density at radius 3 is 2.62 bits per heavy atom. The van der Waals surface area contributed by atoms with Crippen molar-refractivity contribution >= 4 is 5.91 Å². The Morgan fingerprint density at radius 1 is 1.12 bits per heavy atom. The molecule has 0 aliphatic rings. The van der Waals surface area contributed by atoms with Crippen LogP contribution in [0.3, 0.4) is 0 Å². The highest BCUT2D eigenvalue weighted by atomic mass is 16.5. The minimum atomic E-state index is -0.141. The molecule has 0 aliphatic carbocycles. The maximum atomic E-state index is 12.0. The average molecular weight is 350 g/mol. The van der Waals surface area contributed by atoms with Gasteiger partial charge in [-0.15, -0.1) is 0 Å². The Bertz CT molecular complexity index is 858. The van der Waals surface area contributed by atoms with Crippen molar-refractivity contribution in [2.24, 2.45) is 0 Å². The van der Waals surface area contributed by atoms with Crippen LogP contribution in [0.5, 0.6) is 5.75 Å². The fraction of sp³-hybridized carbons (Fsp3) is 0.250. The lowest BCUT2D eigenvalue weighted by Gasteiger charge is -2.11. The zero-order valence-electron chi connectivity index (χ0n) is 15.0. The SMILES string of the molecule is Cc1cccc(OCC(=O)NCc2ccc(Cn3cncn3)cc2)c1C. The molecule has 3 rings (SSSR count). The molecule has 1 amide bonds. The first kappa shape index (κ1) is 17.7. The third-order valence-corrected chi connectivity index (χ3v) is 4.24. The summed E-state index contributed by atoms with van der Waals surface area (Å²) in [6.45, 7) is 5.17. The predicted molar refractivity (Wildman–Crippen MR) is 98.8 cm³/mol. The Hall–Kier alpha value is -3.15. The number of ether oxygens (including phenoxy) is 1. The average Bonchev–Trinajstić information content (AvgIpc) is 3.15. The van der Waals surface area contributed by atoms with Crippen LogP contribution in [0.25, 0.3) is 0 Å². The summed E-state index contributed by atoms with van der Waals surface area (Å²) in [4.78, 5) is 15.9. The van der Waals surface area contributed by atoms with Crippen molar-refractivity contribution in [3.63, 3.8) is 0 Å². The minimum absolute atomic E-state index is 0.00861. The number of benzene rings is 2. The van der Waals surface area contributed by atoms with Crippen LogP contribution in [0.1, 0.15) is 22.3 Å². The summed E-state index contributed by atoms with van der Waals surface area (Å²) in [6.07, 6.45) is 3.20. The molecule has 0 unspecified atom stereocenters. The molecule has 26 heavy (non-hydrogen) atoms. The summed E-state index contributed by atoms with van der Waals surface area (Å²) < 4.78 is 7.38. The number of amides is 1. The molecule has 0 spiro atoms. The van der Waals surface area contributed by atoms with Gasteiger partial charge >= 0.3 is 0 Å². The van der Waals surface area contributed by atoms with E-state index in [0.29, 0.717) is 13.1 Å². The number of nitrogens with zero attached hydrogens (tertiary/aromatic N) is 3. The van der Waals surface area contributed by atoms with Gasteiger partial charge in [-0.05, 0) is 42.2 Å². The number of carbonyl (C=O) groups is 1. The number of nitrogens with one attached hydrogen (secondary N) is 1. The van der Waals surface area contributed by atoms with Gasteiger partial charge in [0.25, 0.3) is 5.91 Å². The van der Waals surface area contributed by atoms with Gasteiger partial charge in [0.05, 0.1) is 6.54 Å². The van der Waals surface area contributed by atoms with Gasteiger partial charge in [0, 0.05) is 6.54 Å². The van der Waals surface area contributed by atoms with Crippen LogP contribution in [-0.4, -0.2) is 27.3 Å². The van der Waals surface area contributed by atoms with Crippen LogP contribution in [0, 0.1) is 13.8 Å². The molecule has 6 nitrogen and oxygen atoms in total. The van der Waals surface area contributed by atoms with Crippen molar-refractivity contribution in [1.29, 1.82) is 0 Å². The van der Waals surface area contributed by atoms with E-state index in [-0.39, 0.29) is 12.5 Å². The normalized spacial score (nSPS) is 10.5. The Morgan fingerprint density at radius 2 is 1.88 bits per heavy atom. The van der Waals surface area contributed by atoms with Crippen LogP contribution < -0.4 is 10.1 Å². The van der Waals surface area contributed by atoms with Crippen molar-refractivity contribution in [3.05, 3.63) is 77.4 Å². The third-order valence-electron chi connectivity index (χ3n) is 4.24. The van der Waals surface area contributed by atoms with Crippen molar-refractivity contribution in [3.8, 4) is 5.75 Å². The lowest BCUT2D eigenvalue weighted by molar-refractivity contribution is -0.123. The van der Waals surface area contributed by atoms with Crippen molar-refractivity contribution in [2.75, 3.05) is 6.61 Å². The third kappa shape index (κ3) is 4.69. The molecule has 0 saturated carbocycles. The van der Waals surface area contributed by atoms with Gasteiger partial charge in [-0.2, -0.15) is 5.10 Å². The molecule has 0 saturated heterocycles. The van der Waals surface area contributed by atoms with Crippen LogP contribution in [0.4, 0.5) is 0 Å². The first-order chi connectivity index (χ1) is 12.6. The van der Waals surface area contributed by atoms with Gasteiger partial charge in [-0.1, -0.05) is 36.4 Å². The molecule has 3 aromatic rings. The monoisotopic (exact) mass is 350 g/mol. The number of rotatable bonds is 7. The molecule has 1 aromatic heterocycles. The lowest BCUT2D eigenvalue weighted by Crippen LogP contribution is -2.28. The molecule has 0 radical (unpaired) electrons. The second-order valence-corrected chi connectivity index (χ2v) is 6.17. The number of aryl methyl sites for hydroxylation is 1. The van der Waals surface area contributed by atoms with E-state index in [1.54, 1.807) is 11.0 Å². The topological polar surface area (TPSA) is 69.0 Å². The molecule has 134 valence electrons. The van der Waals surface area contributed by atoms with Gasteiger partial charge in [-0.3, -0.25) is 4.79 Å². The first-order valence-corrected chi connectivity index (χ1v) is 8.48. The quantitative estimate of drug-likeness (QED) is 0.711. The second kappa shape index (κ2) is 8.29. The Labute approximate surface area is 152 Å². The summed E-state index contributed by atoms with van der Waals surface area (Å²) in [5.74, 6) is 0.607. The largest absolute Gasteiger partial charge is 0.483 e. The summed E-state index contributed by atoms with van der Waals surface area (Å²) in [6, 6.07) is 13.9. The van der Waals surface area contributed by atoms with Gasteiger partial charge in [0.15, 0.2) is 6.61 Å². The van der Waals surface area contributed by atoms with Crippen LogP contribution in [0.2, 0.25) is 0 Å². The number of hydrogen-bond donors (Lipinski definition) is 1. The molecule has 0 fully saturated rings. The first-order valence-electron chi connectivity index (χ1n) is 8.48. The standard InChI is InChI=1S/C20H22N4O2/c1-15-4-3-5-19(16(15)2)26-12-20(25)22-10-17-6-8-18(9-7-17)11-24-14-21-13-23-24/h3-9,13-14H,10-12H2,1-2H3,(H,22,25). The van der Waals surface area contributed by atoms with E-state index in [2.05, 4.69) is 15.4 Å². The van der Waals surface area contributed by atoms with E-state index >= 15 is 0 Å². The summed E-state index contributed by atoms with van der Waals surface area (Å²) in [7, 11) is 0. The highest BCUT2D eigenvalue weighted by molar-refractivity contribution is 5.77. The highest BCUT2D eigenvalue weighted by Gasteiger charge is 2.06. The molecular weight excluding hydrogens is 328 g/mol. The van der Waals surface area contributed by atoms with Gasteiger partial charge in [0.2, 0.25) is 0 Å². The Kier molecular flexibility index (Phi) is 5.63. The summed E-state index contributed by atoms with van der Waals surface area (Å²) >= 11 is 0. The maximum Gasteiger partial charge on any atom is 0.258 e.